The molecule has 1 fully saturated rings. The highest BCUT2D eigenvalue weighted by molar-refractivity contribution is 5.89. The fourth-order valence-corrected chi connectivity index (χ4v) is 3.09. The third-order valence-electron chi connectivity index (χ3n) is 4.27. The molecule has 0 spiro atoms. The van der Waals surface area contributed by atoms with Crippen molar-refractivity contribution < 1.29 is 4.79 Å². The van der Waals surface area contributed by atoms with Gasteiger partial charge in [0.2, 0.25) is 0 Å². The summed E-state index contributed by atoms with van der Waals surface area (Å²) in [7, 11) is 0. The quantitative estimate of drug-likeness (QED) is 0.882. The number of nitrogens with zero attached hydrogens (tertiary/aromatic N) is 1. The summed E-state index contributed by atoms with van der Waals surface area (Å²) in [4.78, 5) is 14.4. The van der Waals surface area contributed by atoms with Crippen molar-refractivity contribution in [1.29, 1.82) is 0 Å². The van der Waals surface area contributed by atoms with Gasteiger partial charge in [0.25, 0.3) is 0 Å². The van der Waals surface area contributed by atoms with Gasteiger partial charge in [-0.3, -0.25) is 0 Å². The minimum Gasteiger partial charge on any atom is -0.321 e. The predicted molar refractivity (Wildman–Crippen MR) is 85.4 cm³/mol. The van der Waals surface area contributed by atoms with Crippen LogP contribution in [0.5, 0.6) is 0 Å². The number of benzene rings is 2. The van der Waals surface area contributed by atoms with Crippen molar-refractivity contribution in [2.45, 2.75) is 25.3 Å². The lowest BCUT2D eigenvalue weighted by molar-refractivity contribution is 0.208. The molecular weight excluding hydrogens is 260 g/mol. The number of hydrogen-bond donors (Lipinski definition) is 1. The van der Waals surface area contributed by atoms with Crippen LogP contribution in [-0.4, -0.2) is 23.5 Å². The zero-order valence-corrected chi connectivity index (χ0v) is 12.2. The molecule has 2 aromatic rings. The lowest BCUT2D eigenvalue weighted by Crippen LogP contribution is -2.38. The molecule has 3 heteroatoms. The zero-order chi connectivity index (χ0) is 14.7. The van der Waals surface area contributed by atoms with Crippen molar-refractivity contribution in [2.24, 2.45) is 0 Å². The van der Waals surface area contributed by atoms with Gasteiger partial charge in [-0.05, 0) is 31.0 Å². The standard InChI is InChI=1S/C18H20N2O/c1-14-17(15-8-4-2-5-9-15)12-13-20(14)18(21)19-16-10-6-3-7-11-16/h2-11,14,17H,12-13H2,1H3,(H,19,21). The number of carbonyl (C=O) groups excluding carboxylic acids is 1. The lowest BCUT2D eigenvalue weighted by Gasteiger charge is -2.25. The van der Waals surface area contributed by atoms with Crippen molar-refractivity contribution in [3.8, 4) is 0 Å². The van der Waals surface area contributed by atoms with E-state index in [0.29, 0.717) is 5.92 Å². The highest BCUT2D eigenvalue weighted by Gasteiger charge is 2.34. The first-order valence-electron chi connectivity index (χ1n) is 7.43. The molecule has 1 heterocycles. The van der Waals surface area contributed by atoms with Crippen LogP contribution in [0, 0.1) is 0 Å². The summed E-state index contributed by atoms with van der Waals surface area (Å²) in [6.45, 7) is 2.94. The number of carbonyl (C=O) groups is 1. The molecule has 2 amide bonds. The van der Waals surface area contributed by atoms with E-state index < -0.39 is 0 Å². The Balaban J connectivity index is 1.69. The average Bonchev–Trinajstić information content (AvgIpc) is 2.91. The monoisotopic (exact) mass is 280 g/mol. The first kappa shape index (κ1) is 13.7. The van der Waals surface area contributed by atoms with Crippen LogP contribution in [0.3, 0.4) is 0 Å². The maximum absolute atomic E-state index is 12.4. The number of rotatable bonds is 2. The summed E-state index contributed by atoms with van der Waals surface area (Å²) in [5, 5.41) is 2.97. The van der Waals surface area contributed by atoms with Gasteiger partial charge in [-0.2, -0.15) is 0 Å². The summed E-state index contributed by atoms with van der Waals surface area (Å²) >= 11 is 0. The molecule has 0 bridgehead atoms. The van der Waals surface area contributed by atoms with Crippen LogP contribution in [0.1, 0.15) is 24.8 Å². The molecule has 1 N–H and O–H groups in total. The van der Waals surface area contributed by atoms with E-state index in [1.54, 1.807) is 0 Å². The maximum atomic E-state index is 12.4. The SMILES string of the molecule is CC1C(c2ccccc2)CCN1C(=O)Nc1ccccc1. The van der Waals surface area contributed by atoms with Gasteiger partial charge in [0.15, 0.2) is 0 Å². The minimum absolute atomic E-state index is 0.00729. The van der Waals surface area contributed by atoms with Gasteiger partial charge in [0, 0.05) is 24.2 Å². The topological polar surface area (TPSA) is 32.3 Å². The Morgan fingerprint density at radius 3 is 2.33 bits per heavy atom. The Kier molecular flexibility index (Phi) is 3.91. The number of anilines is 1. The summed E-state index contributed by atoms with van der Waals surface area (Å²) in [6, 6.07) is 20.3. The third kappa shape index (κ3) is 2.92. The van der Waals surface area contributed by atoms with E-state index >= 15 is 0 Å². The molecule has 0 saturated carbocycles. The lowest BCUT2D eigenvalue weighted by atomic mass is 9.93. The number of likely N-dealkylation sites (tertiary alicyclic amines) is 1. The van der Waals surface area contributed by atoms with Crippen molar-refractivity contribution in [3.63, 3.8) is 0 Å². The highest BCUT2D eigenvalue weighted by atomic mass is 16.2. The Morgan fingerprint density at radius 2 is 1.67 bits per heavy atom. The largest absolute Gasteiger partial charge is 0.322 e. The van der Waals surface area contributed by atoms with Gasteiger partial charge in [-0.25, -0.2) is 4.79 Å². The molecule has 3 nitrogen and oxygen atoms in total. The van der Waals surface area contributed by atoms with Crippen molar-refractivity contribution in [2.75, 3.05) is 11.9 Å². The van der Waals surface area contributed by atoms with Gasteiger partial charge >= 0.3 is 6.03 Å². The Morgan fingerprint density at radius 1 is 1.05 bits per heavy atom. The normalized spacial score (nSPS) is 21.3. The van der Waals surface area contributed by atoms with Gasteiger partial charge < -0.3 is 10.2 Å². The third-order valence-corrected chi connectivity index (χ3v) is 4.27. The number of nitrogens with one attached hydrogen (secondary N) is 1. The van der Waals surface area contributed by atoms with Crippen LogP contribution in [0.15, 0.2) is 60.7 Å². The smallest absolute Gasteiger partial charge is 0.321 e. The summed E-state index contributed by atoms with van der Waals surface area (Å²) in [6.07, 6.45) is 1.02. The molecule has 0 aromatic heterocycles. The van der Waals surface area contributed by atoms with E-state index in [0.717, 1.165) is 18.7 Å². The van der Waals surface area contributed by atoms with Crippen LogP contribution in [-0.2, 0) is 0 Å². The molecule has 1 aliphatic rings. The molecular formula is C18H20N2O. The van der Waals surface area contributed by atoms with Gasteiger partial charge in [0.1, 0.15) is 0 Å². The zero-order valence-electron chi connectivity index (χ0n) is 12.2. The summed E-state index contributed by atoms with van der Waals surface area (Å²) in [5.74, 6) is 0.424. The molecule has 0 aliphatic carbocycles. The maximum Gasteiger partial charge on any atom is 0.322 e. The van der Waals surface area contributed by atoms with Crippen LogP contribution >= 0.6 is 0 Å². The minimum atomic E-state index is -0.00729. The predicted octanol–water partition coefficient (Wildman–Crippen LogP) is 4.10. The van der Waals surface area contributed by atoms with Crippen LogP contribution in [0.2, 0.25) is 0 Å². The van der Waals surface area contributed by atoms with Gasteiger partial charge in [-0.1, -0.05) is 48.5 Å². The number of hydrogen-bond acceptors (Lipinski definition) is 1. The fourth-order valence-electron chi connectivity index (χ4n) is 3.09. The number of para-hydroxylation sites is 1. The molecule has 108 valence electrons. The number of amides is 2. The second-order valence-corrected chi connectivity index (χ2v) is 5.54. The van der Waals surface area contributed by atoms with Crippen LogP contribution < -0.4 is 5.32 Å². The number of urea groups is 1. The van der Waals surface area contributed by atoms with Crippen molar-refractivity contribution >= 4 is 11.7 Å². The molecule has 2 unspecified atom stereocenters. The van der Waals surface area contributed by atoms with Crippen molar-refractivity contribution in [1.82, 2.24) is 4.90 Å². The van der Waals surface area contributed by atoms with E-state index in [4.69, 9.17) is 0 Å². The fraction of sp³-hybridized carbons (Fsp3) is 0.278. The van der Waals surface area contributed by atoms with Crippen molar-refractivity contribution in [3.05, 3.63) is 66.2 Å². The molecule has 1 saturated heterocycles. The molecule has 3 rings (SSSR count). The first-order chi connectivity index (χ1) is 10.3. The van der Waals surface area contributed by atoms with Gasteiger partial charge in [-0.15, -0.1) is 0 Å². The second-order valence-electron chi connectivity index (χ2n) is 5.54. The van der Waals surface area contributed by atoms with E-state index in [2.05, 4.69) is 36.5 Å². The molecule has 1 aliphatic heterocycles. The molecule has 2 aromatic carbocycles. The van der Waals surface area contributed by atoms with E-state index in [-0.39, 0.29) is 12.1 Å². The summed E-state index contributed by atoms with van der Waals surface area (Å²) in [5.41, 5.74) is 2.16. The van der Waals surface area contributed by atoms with E-state index in [1.807, 2.05) is 41.3 Å². The van der Waals surface area contributed by atoms with E-state index in [9.17, 15) is 4.79 Å². The molecule has 2 atom stereocenters. The Hall–Kier alpha value is -2.29. The summed E-state index contributed by atoms with van der Waals surface area (Å²) < 4.78 is 0. The first-order valence-corrected chi connectivity index (χ1v) is 7.43. The Labute approximate surface area is 125 Å². The molecule has 0 radical (unpaired) electrons. The average molecular weight is 280 g/mol. The Bertz CT molecular complexity index is 597. The van der Waals surface area contributed by atoms with E-state index in [1.165, 1.54) is 5.56 Å². The second kappa shape index (κ2) is 6.00. The highest BCUT2D eigenvalue weighted by Crippen LogP contribution is 2.33. The molecule has 21 heavy (non-hydrogen) atoms. The van der Waals surface area contributed by atoms with Crippen LogP contribution in [0.4, 0.5) is 10.5 Å². The van der Waals surface area contributed by atoms with Gasteiger partial charge in [0.05, 0.1) is 0 Å². The van der Waals surface area contributed by atoms with Crippen LogP contribution in [0.25, 0.3) is 0 Å².